The Morgan fingerprint density at radius 1 is 1.09 bits per heavy atom. The zero-order valence-electron chi connectivity index (χ0n) is 12.8. The molecule has 2 unspecified atom stereocenters. The highest BCUT2D eigenvalue weighted by Crippen LogP contribution is 2.34. The molecule has 0 N–H and O–H groups in total. The standard InChI is InChI=1S/C18H19BrFN3/c19-15-4-14(7-21-8-15)9-22-11-17-6-18(12-22)23(17)10-13-2-1-3-16(20)5-13/h1-5,7-8,17-18H,6,9-12H2. The molecule has 5 rings (SSSR count). The van der Waals surface area contributed by atoms with Crippen molar-refractivity contribution in [3.05, 3.63) is 64.1 Å². The van der Waals surface area contributed by atoms with Gasteiger partial charge in [0.15, 0.2) is 0 Å². The number of aromatic nitrogens is 1. The van der Waals surface area contributed by atoms with Gasteiger partial charge >= 0.3 is 0 Å². The molecule has 3 aliphatic rings. The molecule has 0 radical (unpaired) electrons. The summed E-state index contributed by atoms with van der Waals surface area (Å²) < 4.78 is 14.4. The van der Waals surface area contributed by atoms with Crippen LogP contribution < -0.4 is 0 Å². The van der Waals surface area contributed by atoms with Gasteiger partial charge in [-0.25, -0.2) is 4.39 Å². The summed E-state index contributed by atoms with van der Waals surface area (Å²) in [5.74, 6) is -0.142. The third kappa shape index (κ3) is 3.32. The van der Waals surface area contributed by atoms with E-state index in [0.717, 1.165) is 36.2 Å². The number of piperidine rings is 1. The molecular formula is C18H19BrFN3. The van der Waals surface area contributed by atoms with Gasteiger partial charge in [0.25, 0.3) is 0 Å². The van der Waals surface area contributed by atoms with Crippen LogP contribution in [0, 0.1) is 5.82 Å². The van der Waals surface area contributed by atoms with Gasteiger partial charge < -0.3 is 0 Å². The van der Waals surface area contributed by atoms with E-state index in [1.165, 1.54) is 18.1 Å². The highest BCUT2D eigenvalue weighted by atomic mass is 79.9. The highest BCUT2D eigenvalue weighted by Gasteiger charge is 2.44. The van der Waals surface area contributed by atoms with E-state index in [1.54, 1.807) is 12.1 Å². The van der Waals surface area contributed by atoms with Crippen molar-refractivity contribution in [3.8, 4) is 0 Å². The maximum absolute atomic E-state index is 13.3. The second-order valence-electron chi connectivity index (χ2n) is 6.55. The lowest BCUT2D eigenvalue weighted by atomic mass is 9.86. The Morgan fingerprint density at radius 2 is 1.91 bits per heavy atom. The molecule has 4 heterocycles. The fraction of sp³-hybridized carbons (Fsp3) is 0.389. The van der Waals surface area contributed by atoms with Crippen LogP contribution >= 0.6 is 15.9 Å². The Balaban J connectivity index is 1.37. The van der Waals surface area contributed by atoms with Crippen LogP contribution in [0.5, 0.6) is 0 Å². The molecule has 2 atom stereocenters. The normalized spacial score (nSPS) is 24.4. The third-order valence-corrected chi connectivity index (χ3v) is 5.28. The van der Waals surface area contributed by atoms with Crippen molar-refractivity contribution in [2.45, 2.75) is 31.6 Å². The summed E-state index contributed by atoms with van der Waals surface area (Å²) in [6, 6.07) is 10.3. The van der Waals surface area contributed by atoms with E-state index in [4.69, 9.17) is 0 Å². The molecule has 2 bridgehead atoms. The monoisotopic (exact) mass is 375 g/mol. The summed E-state index contributed by atoms with van der Waals surface area (Å²) in [7, 11) is 0. The first-order chi connectivity index (χ1) is 11.2. The molecule has 1 aromatic heterocycles. The summed E-state index contributed by atoms with van der Waals surface area (Å²) in [6.45, 7) is 3.98. The van der Waals surface area contributed by atoms with Crippen molar-refractivity contribution in [2.24, 2.45) is 0 Å². The van der Waals surface area contributed by atoms with E-state index in [-0.39, 0.29) is 5.82 Å². The van der Waals surface area contributed by atoms with Gasteiger partial charge in [-0.2, -0.15) is 0 Å². The maximum atomic E-state index is 13.3. The van der Waals surface area contributed by atoms with Gasteiger partial charge in [-0.15, -0.1) is 0 Å². The molecule has 0 aliphatic carbocycles. The van der Waals surface area contributed by atoms with Gasteiger partial charge in [0, 0.05) is 55.1 Å². The first-order valence-corrected chi connectivity index (χ1v) is 8.78. The lowest BCUT2D eigenvalue weighted by Gasteiger charge is -2.56. The zero-order valence-corrected chi connectivity index (χ0v) is 14.4. The van der Waals surface area contributed by atoms with E-state index in [0.29, 0.717) is 12.1 Å². The van der Waals surface area contributed by atoms with E-state index in [1.807, 2.05) is 18.5 Å². The minimum absolute atomic E-state index is 0.142. The molecule has 0 amide bonds. The molecule has 0 saturated carbocycles. The van der Waals surface area contributed by atoms with Crippen LogP contribution in [0.1, 0.15) is 17.5 Å². The van der Waals surface area contributed by atoms with Gasteiger partial charge in [0.2, 0.25) is 0 Å². The Hall–Kier alpha value is -1.30. The number of pyridine rings is 1. The number of piperazine rings is 1. The average Bonchev–Trinajstić information content (AvgIpc) is 2.53. The van der Waals surface area contributed by atoms with Crippen molar-refractivity contribution >= 4 is 15.9 Å². The average molecular weight is 376 g/mol. The van der Waals surface area contributed by atoms with Gasteiger partial charge in [0.1, 0.15) is 5.82 Å². The van der Waals surface area contributed by atoms with Crippen molar-refractivity contribution in [1.29, 1.82) is 0 Å². The van der Waals surface area contributed by atoms with Gasteiger partial charge in [-0.3, -0.25) is 14.8 Å². The minimum Gasteiger partial charge on any atom is -0.296 e. The van der Waals surface area contributed by atoms with Gasteiger partial charge in [-0.05, 0) is 51.7 Å². The third-order valence-electron chi connectivity index (χ3n) is 4.84. The second kappa shape index (κ2) is 6.30. The largest absolute Gasteiger partial charge is 0.296 e. The lowest BCUT2D eigenvalue weighted by Crippen LogP contribution is -2.67. The number of benzene rings is 1. The van der Waals surface area contributed by atoms with Crippen LogP contribution in [0.4, 0.5) is 4.39 Å². The van der Waals surface area contributed by atoms with Crippen LogP contribution in [0.15, 0.2) is 47.2 Å². The molecule has 3 saturated heterocycles. The van der Waals surface area contributed by atoms with E-state index in [2.05, 4.69) is 36.8 Å². The number of rotatable bonds is 4. The molecular weight excluding hydrogens is 357 g/mol. The van der Waals surface area contributed by atoms with Gasteiger partial charge in [-0.1, -0.05) is 12.1 Å². The quantitative estimate of drug-likeness (QED) is 0.815. The molecule has 23 heavy (non-hydrogen) atoms. The Kier molecular flexibility index (Phi) is 4.18. The van der Waals surface area contributed by atoms with Gasteiger partial charge in [0.05, 0.1) is 0 Å². The molecule has 3 nitrogen and oxygen atoms in total. The van der Waals surface area contributed by atoms with Crippen molar-refractivity contribution in [2.75, 3.05) is 13.1 Å². The number of hydrogen-bond acceptors (Lipinski definition) is 3. The highest BCUT2D eigenvalue weighted by molar-refractivity contribution is 9.10. The summed E-state index contributed by atoms with van der Waals surface area (Å²) in [6.07, 6.45) is 5.02. The second-order valence-corrected chi connectivity index (χ2v) is 7.47. The number of hydrogen-bond donors (Lipinski definition) is 0. The predicted molar refractivity (Wildman–Crippen MR) is 91.4 cm³/mol. The number of fused-ring (bicyclic) bond motifs is 2. The van der Waals surface area contributed by atoms with Crippen LogP contribution in [-0.2, 0) is 13.1 Å². The minimum atomic E-state index is -0.142. The summed E-state index contributed by atoms with van der Waals surface area (Å²) >= 11 is 3.48. The first kappa shape index (κ1) is 15.2. The van der Waals surface area contributed by atoms with Crippen LogP contribution in [0.3, 0.4) is 0 Å². The number of halogens is 2. The molecule has 3 aliphatic heterocycles. The topological polar surface area (TPSA) is 19.4 Å². The maximum Gasteiger partial charge on any atom is 0.123 e. The zero-order chi connectivity index (χ0) is 15.8. The Labute approximate surface area is 144 Å². The summed E-state index contributed by atoms with van der Waals surface area (Å²) in [5, 5.41) is 0. The van der Waals surface area contributed by atoms with E-state index < -0.39 is 0 Å². The molecule has 2 aromatic rings. The van der Waals surface area contributed by atoms with E-state index >= 15 is 0 Å². The number of nitrogens with zero attached hydrogens (tertiary/aromatic N) is 3. The van der Waals surface area contributed by atoms with Crippen LogP contribution in [0.25, 0.3) is 0 Å². The first-order valence-electron chi connectivity index (χ1n) is 7.99. The predicted octanol–water partition coefficient (Wildman–Crippen LogP) is 3.44. The smallest absolute Gasteiger partial charge is 0.123 e. The fourth-order valence-electron chi connectivity index (χ4n) is 3.81. The molecule has 1 aromatic carbocycles. The Bertz CT molecular complexity index is 696. The Morgan fingerprint density at radius 3 is 2.65 bits per heavy atom. The van der Waals surface area contributed by atoms with Crippen LogP contribution in [0.2, 0.25) is 0 Å². The SMILES string of the molecule is Fc1cccc(CN2C3CC2CN(Cc2cncc(Br)c2)C3)c1. The van der Waals surface area contributed by atoms with Crippen molar-refractivity contribution in [1.82, 2.24) is 14.8 Å². The molecule has 5 heteroatoms. The molecule has 120 valence electrons. The molecule has 0 spiro atoms. The summed E-state index contributed by atoms with van der Waals surface area (Å²) in [4.78, 5) is 9.26. The van der Waals surface area contributed by atoms with Crippen molar-refractivity contribution in [3.63, 3.8) is 0 Å². The van der Waals surface area contributed by atoms with Crippen molar-refractivity contribution < 1.29 is 4.39 Å². The lowest BCUT2D eigenvalue weighted by molar-refractivity contribution is -0.0774. The van der Waals surface area contributed by atoms with E-state index in [9.17, 15) is 4.39 Å². The fourth-order valence-corrected chi connectivity index (χ4v) is 4.22. The molecule has 3 fully saturated rings. The van der Waals surface area contributed by atoms with Crippen LogP contribution in [-0.4, -0.2) is 40.0 Å². The summed E-state index contributed by atoms with van der Waals surface area (Å²) in [5.41, 5.74) is 2.32.